The molecule has 7 nitrogen and oxygen atoms in total. The molecule has 3 amide bonds. The summed E-state index contributed by atoms with van der Waals surface area (Å²) in [6.45, 7) is 1.70. The van der Waals surface area contributed by atoms with Crippen molar-refractivity contribution >= 4 is 33.4 Å². The Morgan fingerprint density at radius 1 is 1.33 bits per heavy atom. The molecule has 0 aromatic heterocycles. The van der Waals surface area contributed by atoms with Gasteiger partial charge < -0.3 is 16.4 Å². The van der Waals surface area contributed by atoms with Gasteiger partial charge in [-0.3, -0.25) is 4.79 Å². The van der Waals surface area contributed by atoms with Crippen LogP contribution < -0.4 is 16.4 Å². The Bertz CT molecular complexity index is 736. The molecule has 0 unspecified atom stereocenters. The lowest BCUT2D eigenvalue weighted by Gasteiger charge is -2.26. The van der Waals surface area contributed by atoms with Gasteiger partial charge in [-0.05, 0) is 31.0 Å². The van der Waals surface area contributed by atoms with E-state index >= 15 is 0 Å². The van der Waals surface area contributed by atoms with Crippen molar-refractivity contribution in [3.63, 3.8) is 0 Å². The third-order valence-electron chi connectivity index (χ3n) is 3.92. The number of hydrogen-bond acceptors (Lipinski definition) is 4. The summed E-state index contributed by atoms with van der Waals surface area (Å²) in [6.07, 6.45) is 0.316. The summed E-state index contributed by atoms with van der Waals surface area (Å²) in [6, 6.07) is 5.30. The molecule has 0 aliphatic carbocycles. The number of hydrogen-bond donors (Lipinski definition) is 3. The smallest absolute Gasteiger partial charge is 0.312 e. The quantitative estimate of drug-likeness (QED) is 0.716. The third kappa shape index (κ3) is 5.10. The second kappa shape index (κ2) is 6.98. The molecule has 1 aliphatic heterocycles. The molecule has 0 spiro atoms. The molecule has 9 heteroatoms. The summed E-state index contributed by atoms with van der Waals surface area (Å²) >= 11 is 5.84. The number of carbonyl (C=O) groups is 2. The molecule has 0 saturated carbocycles. The number of amides is 3. The van der Waals surface area contributed by atoms with Gasteiger partial charge in [0, 0.05) is 5.02 Å². The second-order valence-corrected chi connectivity index (χ2v) is 8.89. The van der Waals surface area contributed by atoms with Gasteiger partial charge in [-0.15, -0.1) is 0 Å². The number of primary amides is 1. The fraction of sp³-hybridized carbons (Fsp3) is 0.467. The van der Waals surface area contributed by atoms with E-state index in [2.05, 4.69) is 10.6 Å². The Hall–Kier alpha value is -1.80. The van der Waals surface area contributed by atoms with Gasteiger partial charge in [0.1, 0.15) is 0 Å². The molecule has 0 radical (unpaired) electrons. The standard InChI is InChI=1S/C15H20ClN3O4S/c1-15(6-7-24(22,23)9-15)19-13(20)8-12(18-14(17)21)10-2-4-11(16)5-3-10/h2-5,12H,6-9H2,1H3,(H,19,20)(H3,17,18,21)/t12-,15+/m0/s1. The molecule has 1 aromatic carbocycles. The van der Waals surface area contributed by atoms with Gasteiger partial charge >= 0.3 is 6.03 Å². The van der Waals surface area contributed by atoms with Crippen molar-refractivity contribution in [1.82, 2.24) is 10.6 Å². The van der Waals surface area contributed by atoms with E-state index in [9.17, 15) is 18.0 Å². The number of nitrogens with two attached hydrogens (primary N) is 1. The Kier molecular flexibility index (Phi) is 5.39. The zero-order valence-electron chi connectivity index (χ0n) is 13.2. The van der Waals surface area contributed by atoms with Crippen LogP contribution in [0.1, 0.15) is 31.4 Å². The summed E-state index contributed by atoms with van der Waals surface area (Å²) in [5.41, 5.74) is 5.07. The fourth-order valence-corrected chi connectivity index (χ4v) is 5.02. The maximum atomic E-state index is 12.3. The summed E-state index contributed by atoms with van der Waals surface area (Å²) in [5, 5.41) is 5.81. The van der Waals surface area contributed by atoms with Gasteiger partial charge in [0.15, 0.2) is 9.84 Å². The molecule has 1 aliphatic rings. The van der Waals surface area contributed by atoms with Crippen molar-refractivity contribution in [2.45, 2.75) is 31.3 Å². The van der Waals surface area contributed by atoms with Crippen LogP contribution in [0.3, 0.4) is 0 Å². The molecule has 1 saturated heterocycles. The largest absolute Gasteiger partial charge is 0.352 e. The first kappa shape index (κ1) is 18.5. The summed E-state index contributed by atoms with van der Waals surface area (Å²) < 4.78 is 23.2. The highest BCUT2D eigenvalue weighted by Gasteiger charge is 2.39. The van der Waals surface area contributed by atoms with Crippen LogP contribution in [-0.4, -0.2) is 37.4 Å². The van der Waals surface area contributed by atoms with Crippen molar-refractivity contribution in [1.29, 1.82) is 0 Å². The van der Waals surface area contributed by atoms with Crippen LogP contribution in [0.15, 0.2) is 24.3 Å². The first-order valence-corrected chi connectivity index (χ1v) is 9.61. The van der Waals surface area contributed by atoms with E-state index in [0.717, 1.165) is 0 Å². The third-order valence-corrected chi connectivity index (χ3v) is 6.08. The number of halogens is 1. The normalized spacial score (nSPS) is 23.4. The highest BCUT2D eigenvalue weighted by Crippen LogP contribution is 2.24. The van der Waals surface area contributed by atoms with Crippen molar-refractivity contribution in [3.05, 3.63) is 34.9 Å². The minimum absolute atomic E-state index is 0.0553. The lowest BCUT2D eigenvalue weighted by molar-refractivity contribution is -0.123. The topological polar surface area (TPSA) is 118 Å². The number of benzene rings is 1. The summed E-state index contributed by atoms with van der Waals surface area (Å²) in [4.78, 5) is 23.5. The maximum absolute atomic E-state index is 12.3. The fourth-order valence-electron chi connectivity index (χ4n) is 2.80. The van der Waals surface area contributed by atoms with E-state index in [1.54, 1.807) is 31.2 Å². The zero-order chi connectivity index (χ0) is 18.0. The van der Waals surface area contributed by atoms with E-state index in [1.807, 2.05) is 0 Å². The van der Waals surface area contributed by atoms with Crippen molar-refractivity contribution in [2.75, 3.05) is 11.5 Å². The van der Waals surface area contributed by atoms with Crippen LogP contribution in [0.4, 0.5) is 4.79 Å². The van der Waals surface area contributed by atoms with Crippen molar-refractivity contribution in [3.8, 4) is 0 Å². The number of nitrogens with one attached hydrogen (secondary N) is 2. The average molecular weight is 374 g/mol. The molecule has 132 valence electrons. The van der Waals surface area contributed by atoms with Gasteiger partial charge in [-0.1, -0.05) is 23.7 Å². The van der Waals surface area contributed by atoms with E-state index < -0.39 is 27.4 Å². The van der Waals surface area contributed by atoms with Crippen molar-refractivity contribution < 1.29 is 18.0 Å². The predicted octanol–water partition coefficient (Wildman–Crippen LogP) is 1.13. The second-order valence-electron chi connectivity index (χ2n) is 6.27. The van der Waals surface area contributed by atoms with Gasteiger partial charge in [0.2, 0.25) is 5.91 Å². The molecule has 0 bridgehead atoms. The molecule has 2 atom stereocenters. The summed E-state index contributed by atoms with van der Waals surface area (Å²) in [7, 11) is -3.12. The minimum Gasteiger partial charge on any atom is -0.352 e. The molecule has 24 heavy (non-hydrogen) atoms. The molecule has 1 heterocycles. The molecule has 1 aromatic rings. The van der Waals surface area contributed by atoms with Gasteiger partial charge in [-0.2, -0.15) is 0 Å². The Morgan fingerprint density at radius 3 is 2.46 bits per heavy atom. The average Bonchev–Trinajstić information content (AvgIpc) is 2.71. The molecule has 2 rings (SSSR count). The van der Waals surface area contributed by atoms with Crippen LogP contribution in [0.5, 0.6) is 0 Å². The van der Waals surface area contributed by atoms with Crippen LogP contribution in [0, 0.1) is 0 Å². The van der Waals surface area contributed by atoms with Crippen LogP contribution in [-0.2, 0) is 14.6 Å². The van der Waals surface area contributed by atoms with E-state index in [0.29, 0.717) is 17.0 Å². The first-order chi connectivity index (χ1) is 11.1. The maximum Gasteiger partial charge on any atom is 0.312 e. The Balaban J connectivity index is 2.07. The van der Waals surface area contributed by atoms with E-state index in [1.165, 1.54) is 0 Å². The van der Waals surface area contributed by atoms with E-state index in [4.69, 9.17) is 17.3 Å². The summed E-state index contributed by atoms with van der Waals surface area (Å²) in [5.74, 6) is -0.381. The number of urea groups is 1. The molecule has 4 N–H and O–H groups in total. The highest BCUT2D eigenvalue weighted by molar-refractivity contribution is 7.91. The lowest BCUT2D eigenvalue weighted by Crippen LogP contribution is -2.48. The van der Waals surface area contributed by atoms with Crippen molar-refractivity contribution in [2.24, 2.45) is 5.73 Å². The van der Waals surface area contributed by atoms with Gasteiger partial charge in [-0.25, -0.2) is 13.2 Å². The van der Waals surface area contributed by atoms with Crippen LogP contribution in [0.2, 0.25) is 5.02 Å². The van der Waals surface area contributed by atoms with E-state index in [-0.39, 0.29) is 23.8 Å². The van der Waals surface area contributed by atoms with Gasteiger partial charge in [0.05, 0.1) is 29.5 Å². The number of rotatable bonds is 5. The lowest BCUT2D eigenvalue weighted by atomic mass is 9.99. The number of sulfone groups is 1. The van der Waals surface area contributed by atoms with Crippen LogP contribution >= 0.6 is 11.6 Å². The Morgan fingerprint density at radius 2 is 1.96 bits per heavy atom. The zero-order valence-corrected chi connectivity index (χ0v) is 14.8. The predicted molar refractivity (Wildman–Crippen MR) is 91.3 cm³/mol. The molecule has 1 fully saturated rings. The van der Waals surface area contributed by atoms with Gasteiger partial charge in [0.25, 0.3) is 0 Å². The monoisotopic (exact) mass is 373 g/mol. The first-order valence-electron chi connectivity index (χ1n) is 7.41. The molecular weight excluding hydrogens is 354 g/mol. The molecular formula is C15H20ClN3O4S. The number of carbonyl (C=O) groups excluding carboxylic acids is 2. The minimum atomic E-state index is -3.12. The van der Waals surface area contributed by atoms with Crippen LogP contribution in [0.25, 0.3) is 0 Å². The highest BCUT2D eigenvalue weighted by atomic mass is 35.5. The SMILES string of the molecule is C[C@@]1(NC(=O)C[C@H](NC(N)=O)c2ccc(Cl)cc2)CCS(=O)(=O)C1. The Labute approximate surface area is 145 Å².